The first-order valence-corrected chi connectivity index (χ1v) is 9.06. The predicted molar refractivity (Wildman–Crippen MR) is 65.8 cm³/mol. The molecule has 12 heteroatoms. The molecule has 22 heavy (non-hydrogen) atoms. The Morgan fingerprint density at radius 1 is 0.909 bits per heavy atom. The zero-order valence-electron chi connectivity index (χ0n) is 10.5. The lowest BCUT2D eigenvalue weighted by Gasteiger charge is -2.14. The summed E-state index contributed by atoms with van der Waals surface area (Å²) in [6.07, 6.45) is -0.340. The Labute approximate surface area is 122 Å². The fraction of sp³-hybridized carbons (Fsp3) is 0.400. The standard InChI is InChI=1S/C10H8F5NO4S2/c11-5-6(12)8(14)10(9(15)7(5)13)16-22(19,20)4-1-2-21(17,18)3-4/h4,16H,1-3H2/t4-/m0/s1. The van der Waals surface area contributed by atoms with Crippen LogP contribution in [0, 0.1) is 29.1 Å². The summed E-state index contributed by atoms with van der Waals surface area (Å²) in [5.41, 5.74) is -1.74. The smallest absolute Gasteiger partial charge is 0.236 e. The molecule has 1 aliphatic heterocycles. The Morgan fingerprint density at radius 3 is 1.77 bits per heavy atom. The topological polar surface area (TPSA) is 80.3 Å². The molecule has 0 aromatic heterocycles. The van der Waals surface area contributed by atoms with Crippen molar-refractivity contribution in [2.24, 2.45) is 0 Å². The summed E-state index contributed by atoms with van der Waals surface area (Å²) < 4.78 is 113. The highest BCUT2D eigenvalue weighted by Gasteiger charge is 2.39. The van der Waals surface area contributed by atoms with Crippen molar-refractivity contribution < 1.29 is 38.8 Å². The molecule has 1 heterocycles. The number of rotatable bonds is 3. The van der Waals surface area contributed by atoms with E-state index in [1.54, 1.807) is 0 Å². The first kappa shape index (κ1) is 16.9. The molecule has 2 rings (SSSR count). The molecule has 1 atom stereocenters. The zero-order chi connectivity index (χ0) is 16.9. The van der Waals surface area contributed by atoms with Crippen LogP contribution in [-0.2, 0) is 19.9 Å². The van der Waals surface area contributed by atoms with E-state index >= 15 is 0 Å². The first-order chi connectivity index (χ1) is 9.96. The van der Waals surface area contributed by atoms with Crippen molar-refractivity contribution in [3.8, 4) is 0 Å². The molecule has 124 valence electrons. The van der Waals surface area contributed by atoms with Crippen LogP contribution in [0.4, 0.5) is 27.6 Å². The minimum atomic E-state index is -4.64. The second-order valence-electron chi connectivity index (χ2n) is 4.62. The molecule has 0 unspecified atom stereocenters. The summed E-state index contributed by atoms with van der Waals surface area (Å²) in [6.45, 7) is 0. The lowest BCUT2D eigenvalue weighted by molar-refractivity contribution is 0.382. The molecule has 0 saturated carbocycles. The van der Waals surface area contributed by atoms with Gasteiger partial charge in [-0.1, -0.05) is 0 Å². The fourth-order valence-electron chi connectivity index (χ4n) is 1.93. The van der Waals surface area contributed by atoms with Gasteiger partial charge in [0.1, 0.15) is 5.69 Å². The van der Waals surface area contributed by atoms with Gasteiger partial charge in [0.25, 0.3) is 0 Å². The van der Waals surface area contributed by atoms with Crippen molar-refractivity contribution in [2.45, 2.75) is 11.7 Å². The van der Waals surface area contributed by atoms with Crippen molar-refractivity contribution >= 4 is 25.5 Å². The van der Waals surface area contributed by atoms with E-state index in [0.717, 1.165) is 0 Å². The second kappa shape index (κ2) is 5.33. The maximum Gasteiger partial charge on any atom is 0.236 e. The van der Waals surface area contributed by atoms with Gasteiger partial charge in [0.15, 0.2) is 33.1 Å². The van der Waals surface area contributed by atoms with Gasteiger partial charge in [-0.05, 0) is 6.42 Å². The first-order valence-electron chi connectivity index (χ1n) is 5.70. The van der Waals surface area contributed by atoms with Crippen LogP contribution < -0.4 is 4.72 Å². The molecule has 1 N–H and O–H groups in total. The number of halogens is 5. The largest absolute Gasteiger partial charge is 0.277 e. The quantitative estimate of drug-likeness (QED) is 0.498. The maximum absolute atomic E-state index is 13.4. The monoisotopic (exact) mass is 365 g/mol. The summed E-state index contributed by atoms with van der Waals surface area (Å²) >= 11 is 0. The van der Waals surface area contributed by atoms with Gasteiger partial charge in [-0.25, -0.2) is 38.8 Å². The van der Waals surface area contributed by atoms with Crippen LogP contribution in [0.3, 0.4) is 0 Å². The van der Waals surface area contributed by atoms with E-state index in [9.17, 15) is 38.8 Å². The lowest BCUT2D eigenvalue weighted by Crippen LogP contribution is -2.30. The number of benzene rings is 1. The molecule has 0 spiro atoms. The molecule has 1 saturated heterocycles. The highest BCUT2D eigenvalue weighted by molar-refractivity contribution is 7.97. The second-order valence-corrected chi connectivity index (χ2v) is 8.81. The molecule has 0 aliphatic carbocycles. The summed E-state index contributed by atoms with van der Waals surface area (Å²) in [7, 11) is -8.27. The van der Waals surface area contributed by atoms with E-state index in [-0.39, 0.29) is 6.42 Å². The number of sulfone groups is 1. The molecule has 1 aromatic carbocycles. The molecule has 1 fully saturated rings. The van der Waals surface area contributed by atoms with Gasteiger partial charge in [-0.2, -0.15) is 0 Å². The number of nitrogens with one attached hydrogen (secondary N) is 1. The number of anilines is 1. The van der Waals surface area contributed by atoms with Crippen LogP contribution in [0.2, 0.25) is 0 Å². The van der Waals surface area contributed by atoms with E-state index in [1.807, 2.05) is 0 Å². The van der Waals surface area contributed by atoms with Gasteiger partial charge in [0.2, 0.25) is 15.8 Å². The van der Waals surface area contributed by atoms with Gasteiger partial charge in [-0.15, -0.1) is 0 Å². The van der Waals surface area contributed by atoms with E-state index in [2.05, 4.69) is 0 Å². The van der Waals surface area contributed by atoms with Crippen molar-refractivity contribution in [1.82, 2.24) is 0 Å². The molecule has 1 aliphatic rings. The Kier molecular flexibility index (Phi) is 4.11. The fourth-order valence-corrected chi connectivity index (χ4v) is 6.02. The average Bonchev–Trinajstić information content (AvgIpc) is 2.80. The third-order valence-electron chi connectivity index (χ3n) is 3.08. The third kappa shape index (κ3) is 2.89. The van der Waals surface area contributed by atoms with Gasteiger partial charge in [0, 0.05) is 0 Å². The van der Waals surface area contributed by atoms with Gasteiger partial charge < -0.3 is 0 Å². The van der Waals surface area contributed by atoms with Gasteiger partial charge in [0.05, 0.1) is 16.8 Å². The van der Waals surface area contributed by atoms with Crippen LogP contribution in [0.5, 0.6) is 0 Å². The number of hydrogen-bond acceptors (Lipinski definition) is 4. The number of sulfonamides is 1. The maximum atomic E-state index is 13.4. The molecule has 0 amide bonds. The summed E-state index contributed by atoms with van der Waals surface area (Å²) in [5, 5.41) is -1.53. The van der Waals surface area contributed by atoms with Crippen molar-refractivity contribution in [1.29, 1.82) is 0 Å². The molecule has 0 radical (unpaired) electrons. The minimum Gasteiger partial charge on any atom is -0.277 e. The summed E-state index contributed by atoms with van der Waals surface area (Å²) in [6, 6.07) is 0. The molecule has 0 bridgehead atoms. The van der Waals surface area contributed by atoms with E-state index in [0.29, 0.717) is 0 Å². The predicted octanol–water partition coefficient (Wildman–Crippen LogP) is 1.31. The summed E-state index contributed by atoms with van der Waals surface area (Å²) in [5.74, 6) is -13.0. The average molecular weight is 365 g/mol. The van der Waals surface area contributed by atoms with E-state index < -0.39 is 71.4 Å². The Bertz CT molecular complexity index is 808. The lowest BCUT2D eigenvalue weighted by atomic mass is 10.2. The van der Waals surface area contributed by atoms with E-state index in [4.69, 9.17) is 0 Å². The van der Waals surface area contributed by atoms with Crippen molar-refractivity contribution in [2.75, 3.05) is 16.2 Å². The Hall–Kier alpha value is -1.43. The molecule has 1 aromatic rings. The number of hydrogen-bond donors (Lipinski definition) is 1. The van der Waals surface area contributed by atoms with Crippen LogP contribution in [0.15, 0.2) is 0 Å². The van der Waals surface area contributed by atoms with Crippen LogP contribution in [0.1, 0.15) is 6.42 Å². The van der Waals surface area contributed by atoms with Crippen molar-refractivity contribution in [3.63, 3.8) is 0 Å². The Morgan fingerprint density at radius 2 is 1.36 bits per heavy atom. The third-order valence-corrected chi connectivity index (χ3v) is 6.83. The molecule has 5 nitrogen and oxygen atoms in total. The van der Waals surface area contributed by atoms with Crippen molar-refractivity contribution in [3.05, 3.63) is 29.1 Å². The highest BCUT2D eigenvalue weighted by atomic mass is 32.2. The summed E-state index contributed by atoms with van der Waals surface area (Å²) in [4.78, 5) is 0. The minimum absolute atomic E-state index is 0.340. The van der Waals surface area contributed by atoms with Crippen LogP contribution in [0.25, 0.3) is 0 Å². The van der Waals surface area contributed by atoms with Gasteiger partial charge >= 0.3 is 0 Å². The Balaban J connectivity index is 2.43. The molecular formula is C10H8F5NO4S2. The SMILES string of the molecule is O=S1(=O)CC[C@H](S(=O)(=O)Nc2c(F)c(F)c(F)c(F)c2F)C1. The van der Waals surface area contributed by atoms with Crippen LogP contribution in [-0.4, -0.2) is 33.6 Å². The molecular weight excluding hydrogens is 357 g/mol. The van der Waals surface area contributed by atoms with E-state index in [1.165, 1.54) is 4.72 Å². The van der Waals surface area contributed by atoms with Crippen LogP contribution >= 0.6 is 0 Å². The zero-order valence-corrected chi connectivity index (χ0v) is 12.2. The normalized spacial score (nSPS) is 21.0. The highest BCUT2D eigenvalue weighted by Crippen LogP contribution is 2.29. The van der Waals surface area contributed by atoms with Gasteiger partial charge in [-0.3, -0.25) is 4.72 Å².